The number of ether oxygens (including phenoxy) is 2. The highest BCUT2D eigenvalue weighted by molar-refractivity contribution is 14.0. The van der Waals surface area contributed by atoms with E-state index in [0.29, 0.717) is 12.2 Å². The summed E-state index contributed by atoms with van der Waals surface area (Å²) in [5.41, 5.74) is 1.21. The molecule has 2 aliphatic heterocycles. The van der Waals surface area contributed by atoms with Gasteiger partial charge in [0.1, 0.15) is 0 Å². The molecule has 1 unspecified atom stereocenters. The third kappa shape index (κ3) is 8.23. The number of guanidine groups is 1. The summed E-state index contributed by atoms with van der Waals surface area (Å²) in [6.07, 6.45) is 8.36. The van der Waals surface area contributed by atoms with Crippen LogP contribution in [0.5, 0.6) is 0 Å². The van der Waals surface area contributed by atoms with Gasteiger partial charge in [-0.25, -0.2) is 0 Å². The number of rotatable bonds is 7. The van der Waals surface area contributed by atoms with Crippen LogP contribution < -0.4 is 5.32 Å². The molecular weight excluding hydrogens is 501 g/mol. The molecule has 0 amide bonds. The predicted octanol–water partition coefficient (Wildman–Crippen LogP) is 4.52. The lowest BCUT2D eigenvalue weighted by molar-refractivity contribution is -0.0721. The van der Waals surface area contributed by atoms with Crippen molar-refractivity contribution in [2.45, 2.75) is 57.2 Å². The van der Waals surface area contributed by atoms with Crippen molar-refractivity contribution in [1.29, 1.82) is 0 Å². The molecule has 0 saturated carbocycles. The fraction of sp³-hybridized carbons (Fsp3) is 0.682. The van der Waals surface area contributed by atoms with Crippen molar-refractivity contribution in [1.82, 2.24) is 10.2 Å². The summed E-state index contributed by atoms with van der Waals surface area (Å²) in [7, 11) is 1.86. The van der Waals surface area contributed by atoms with E-state index in [4.69, 9.17) is 21.1 Å². The van der Waals surface area contributed by atoms with Crippen LogP contribution in [0.3, 0.4) is 0 Å². The summed E-state index contributed by atoms with van der Waals surface area (Å²) in [6, 6.07) is 8.07. The molecule has 2 fully saturated rings. The maximum absolute atomic E-state index is 6.23. The molecule has 1 aromatic rings. The van der Waals surface area contributed by atoms with Gasteiger partial charge in [-0.2, -0.15) is 0 Å². The van der Waals surface area contributed by atoms with Crippen LogP contribution in [0.25, 0.3) is 0 Å². The standard InChI is InChI=1S/C22H34ClN3O2.HI/c1-24-22(25-13-6-8-18-7-2-3-10-21(18)23)26-14-11-19(12-15-26)28-17-20-9-4-5-16-27-20;/h2-3,7,10,19-20H,4-6,8-9,11-17H2,1H3,(H,24,25);1H. The molecular formula is C22H35ClIN3O2. The molecule has 2 aliphatic rings. The van der Waals surface area contributed by atoms with Gasteiger partial charge in [0, 0.05) is 38.3 Å². The van der Waals surface area contributed by atoms with E-state index in [2.05, 4.69) is 21.3 Å². The molecule has 0 aromatic heterocycles. The molecule has 1 N–H and O–H groups in total. The Morgan fingerprint density at radius 2 is 2.03 bits per heavy atom. The van der Waals surface area contributed by atoms with Crippen molar-refractivity contribution in [3.8, 4) is 0 Å². The Morgan fingerprint density at radius 3 is 2.72 bits per heavy atom. The first-order valence-corrected chi connectivity index (χ1v) is 11.1. The van der Waals surface area contributed by atoms with E-state index in [1.54, 1.807) is 0 Å². The number of nitrogens with one attached hydrogen (secondary N) is 1. The Balaban J connectivity index is 0.00000300. The second kappa shape index (κ2) is 13.7. The van der Waals surface area contributed by atoms with E-state index in [1.165, 1.54) is 18.4 Å². The highest BCUT2D eigenvalue weighted by atomic mass is 127. The number of aliphatic imine (C=N–C) groups is 1. The van der Waals surface area contributed by atoms with Crippen LogP contribution in [-0.4, -0.2) is 63.0 Å². The average Bonchev–Trinajstić information content (AvgIpc) is 2.75. The minimum Gasteiger partial charge on any atom is -0.376 e. The van der Waals surface area contributed by atoms with Crippen molar-refractivity contribution in [2.75, 3.05) is 39.9 Å². The van der Waals surface area contributed by atoms with Crippen LogP contribution in [0.15, 0.2) is 29.3 Å². The van der Waals surface area contributed by atoms with Gasteiger partial charge in [0.05, 0.1) is 18.8 Å². The molecule has 5 nitrogen and oxygen atoms in total. The van der Waals surface area contributed by atoms with Crippen LogP contribution >= 0.6 is 35.6 Å². The zero-order chi connectivity index (χ0) is 19.6. The predicted molar refractivity (Wildman–Crippen MR) is 131 cm³/mol. The second-order valence-corrected chi connectivity index (χ2v) is 8.08. The molecule has 29 heavy (non-hydrogen) atoms. The highest BCUT2D eigenvalue weighted by Crippen LogP contribution is 2.18. The maximum Gasteiger partial charge on any atom is 0.193 e. The summed E-state index contributed by atoms with van der Waals surface area (Å²) in [5, 5.41) is 4.35. The van der Waals surface area contributed by atoms with Crippen LogP contribution in [0.4, 0.5) is 0 Å². The number of likely N-dealkylation sites (tertiary alicyclic amines) is 1. The van der Waals surface area contributed by atoms with Crippen LogP contribution in [-0.2, 0) is 15.9 Å². The molecule has 7 heteroatoms. The lowest BCUT2D eigenvalue weighted by Crippen LogP contribution is -2.47. The molecule has 1 atom stereocenters. The van der Waals surface area contributed by atoms with E-state index < -0.39 is 0 Å². The van der Waals surface area contributed by atoms with Gasteiger partial charge in [0.15, 0.2) is 5.96 Å². The van der Waals surface area contributed by atoms with E-state index in [1.807, 2.05) is 25.2 Å². The molecule has 3 rings (SSSR count). The molecule has 0 aliphatic carbocycles. The van der Waals surface area contributed by atoms with Gasteiger partial charge >= 0.3 is 0 Å². The average molecular weight is 536 g/mol. The van der Waals surface area contributed by atoms with Gasteiger partial charge in [0.2, 0.25) is 0 Å². The SMILES string of the molecule is CN=C(NCCCc1ccccc1Cl)N1CCC(OCC2CCCCO2)CC1.I. The summed E-state index contributed by atoms with van der Waals surface area (Å²) in [5.74, 6) is 0.994. The fourth-order valence-corrected chi connectivity index (χ4v) is 4.16. The summed E-state index contributed by atoms with van der Waals surface area (Å²) >= 11 is 6.23. The van der Waals surface area contributed by atoms with Gasteiger partial charge in [-0.05, 0) is 56.6 Å². The van der Waals surface area contributed by atoms with Gasteiger partial charge in [-0.3, -0.25) is 4.99 Å². The topological polar surface area (TPSA) is 46.1 Å². The Labute approximate surface area is 197 Å². The largest absolute Gasteiger partial charge is 0.376 e. The quantitative estimate of drug-likeness (QED) is 0.241. The Bertz CT molecular complexity index is 618. The molecule has 2 saturated heterocycles. The number of nitrogens with zero attached hydrogens (tertiary/aromatic N) is 2. The first-order valence-electron chi connectivity index (χ1n) is 10.7. The smallest absolute Gasteiger partial charge is 0.193 e. The first kappa shape index (κ1) is 24.7. The number of aryl methyl sites for hydroxylation is 1. The second-order valence-electron chi connectivity index (χ2n) is 7.68. The number of hydrogen-bond donors (Lipinski definition) is 1. The third-order valence-corrected chi connectivity index (χ3v) is 5.98. The monoisotopic (exact) mass is 535 g/mol. The number of halogens is 2. The number of hydrogen-bond acceptors (Lipinski definition) is 3. The maximum atomic E-state index is 6.23. The summed E-state index contributed by atoms with van der Waals surface area (Å²) < 4.78 is 11.9. The van der Waals surface area contributed by atoms with Gasteiger partial charge in [0.25, 0.3) is 0 Å². The summed E-state index contributed by atoms with van der Waals surface area (Å²) in [6.45, 7) is 4.51. The highest BCUT2D eigenvalue weighted by Gasteiger charge is 2.23. The van der Waals surface area contributed by atoms with Gasteiger partial charge < -0.3 is 19.7 Å². The lowest BCUT2D eigenvalue weighted by atomic mass is 10.1. The minimum absolute atomic E-state index is 0. The number of benzene rings is 1. The van der Waals surface area contributed by atoms with Gasteiger partial charge in [-0.15, -0.1) is 24.0 Å². The molecule has 2 heterocycles. The number of piperidine rings is 1. The fourth-order valence-electron chi connectivity index (χ4n) is 3.93. The van der Waals surface area contributed by atoms with Crippen molar-refractivity contribution in [2.24, 2.45) is 4.99 Å². The van der Waals surface area contributed by atoms with Crippen LogP contribution in [0, 0.1) is 0 Å². The van der Waals surface area contributed by atoms with E-state index in [0.717, 1.165) is 75.9 Å². The van der Waals surface area contributed by atoms with Crippen molar-refractivity contribution < 1.29 is 9.47 Å². The van der Waals surface area contributed by atoms with Crippen molar-refractivity contribution in [3.05, 3.63) is 34.9 Å². The minimum atomic E-state index is 0. The third-order valence-electron chi connectivity index (χ3n) is 5.61. The van der Waals surface area contributed by atoms with Crippen molar-refractivity contribution >= 4 is 41.5 Å². The van der Waals surface area contributed by atoms with Crippen LogP contribution in [0.2, 0.25) is 5.02 Å². The Kier molecular flexibility index (Phi) is 11.6. The van der Waals surface area contributed by atoms with Crippen LogP contribution in [0.1, 0.15) is 44.1 Å². The molecule has 1 aromatic carbocycles. The molecule has 164 valence electrons. The zero-order valence-electron chi connectivity index (χ0n) is 17.4. The zero-order valence-corrected chi connectivity index (χ0v) is 20.5. The van der Waals surface area contributed by atoms with E-state index >= 15 is 0 Å². The summed E-state index contributed by atoms with van der Waals surface area (Å²) in [4.78, 5) is 6.80. The molecule has 0 spiro atoms. The molecule has 0 radical (unpaired) electrons. The van der Waals surface area contributed by atoms with Gasteiger partial charge in [-0.1, -0.05) is 29.8 Å². The Morgan fingerprint density at radius 1 is 1.24 bits per heavy atom. The van der Waals surface area contributed by atoms with Crippen molar-refractivity contribution in [3.63, 3.8) is 0 Å². The molecule has 0 bridgehead atoms. The van der Waals surface area contributed by atoms with E-state index in [-0.39, 0.29) is 24.0 Å². The Hall–Kier alpha value is -0.570. The first-order chi connectivity index (χ1) is 13.8. The van der Waals surface area contributed by atoms with E-state index in [9.17, 15) is 0 Å². The lowest BCUT2D eigenvalue weighted by Gasteiger charge is -2.35. The normalized spacial score (nSPS) is 21.0.